The predicted octanol–water partition coefficient (Wildman–Crippen LogP) is 2.61. The van der Waals surface area contributed by atoms with Gasteiger partial charge in [-0.2, -0.15) is 0 Å². The second-order valence-electron chi connectivity index (χ2n) is 5.48. The van der Waals surface area contributed by atoms with E-state index >= 15 is 0 Å². The van der Waals surface area contributed by atoms with E-state index in [9.17, 15) is 0 Å². The Balaban J connectivity index is 1.98. The molecule has 1 aromatic heterocycles. The average molecular weight is 268 g/mol. The number of nitrogens with two attached hydrogens (primary N) is 1. The van der Waals surface area contributed by atoms with Crippen LogP contribution in [0.25, 0.3) is 0 Å². The molecule has 2 aromatic rings. The maximum Gasteiger partial charge on any atom is 0.150 e. The van der Waals surface area contributed by atoms with Crippen LogP contribution in [0.2, 0.25) is 0 Å². The number of hydrazine groups is 1. The smallest absolute Gasteiger partial charge is 0.150 e. The molecule has 1 atom stereocenters. The van der Waals surface area contributed by atoms with Crippen molar-refractivity contribution in [2.24, 2.45) is 5.84 Å². The minimum Gasteiger partial charge on any atom is -0.270 e. The molecule has 3 N–H and O–H groups in total. The third kappa shape index (κ3) is 2.44. The Morgan fingerprint density at radius 2 is 1.90 bits per heavy atom. The molecule has 0 spiro atoms. The predicted molar refractivity (Wildman–Crippen MR) is 79.0 cm³/mol. The summed E-state index contributed by atoms with van der Waals surface area (Å²) in [5.74, 6) is 7.16. The van der Waals surface area contributed by atoms with Gasteiger partial charge in [0.15, 0.2) is 5.82 Å². The highest BCUT2D eigenvalue weighted by Gasteiger charge is 2.26. The van der Waals surface area contributed by atoms with Crippen LogP contribution in [0.15, 0.2) is 36.7 Å². The SMILES string of the molecule is Cc1cnc(C(NN)c2ccccc2C2CCC2)nc1. The van der Waals surface area contributed by atoms with Crippen molar-refractivity contribution in [2.45, 2.75) is 38.1 Å². The van der Waals surface area contributed by atoms with Gasteiger partial charge in [-0.1, -0.05) is 30.7 Å². The van der Waals surface area contributed by atoms with Crippen LogP contribution in [-0.2, 0) is 0 Å². The molecule has 1 saturated carbocycles. The van der Waals surface area contributed by atoms with Crippen molar-refractivity contribution in [1.82, 2.24) is 15.4 Å². The van der Waals surface area contributed by atoms with Crippen LogP contribution in [0.4, 0.5) is 0 Å². The van der Waals surface area contributed by atoms with E-state index in [1.807, 2.05) is 19.3 Å². The summed E-state index contributed by atoms with van der Waals surface area (Å²) in [5, 5.41) is 0. The van der Waals surface area contributed by atoms with E-state index in [4.69, 9.17) is 5.84 Å². The molecule has 4 nitrogen and oxygen atoms in total. The molecule has 0 saturated heterocycles. The van der Waals surface area contributed by atoms with Gasteiger partial charge in [-0.3, -0.25) is 5.84 Å². The van der Waals surface area contributed by atoms with Crippen LogP contribution < -0.4 is 11.3 Å². The largest absolute Gasteiger partial charge is 0.270 e. The number of nitrogens with zero attached hydrogens (tertiary/aromatic N) is 2. The fourth-order valence-electron chi connectivity index (χ4n) is 2.72. The van der Waals surface area contributed by atoms with Crippen LogP contribution in [0.5, 0.6) is 0 Å². The topological polar surface area (TPSA) is 63.8 Å². The Morgan fingerprint density at radius 3 is 2.50 bits per heavy atom. The van der Waals surface area contributed by atoms with Crippen molar-refractivity contribution in [3.63, 3.8) is 0 Å². The molecule has 1 heterocycles. The number of nitrogens with one attached hydrogen (secondary N) is 1. The molecule has 3 rings (SSSR count). The second-order valence-corrected chi connectivity index (χ2v) is 5.48. The molecule has 4 heteroatoms. The number of hydrogen-bond donors (Lipinski definition) is 2. The van der Waals surface area contributed by atoms with Crippen LogP contribution >= 0.6 is 0 Å². The van der Waals surface area contributed by atoms with Crippen molar-refractivity contribution in [2.75, 3.05) is 0 Å². The van der Waals surface area contributed by atoms with Crippen molar-refractivity contribution < 1.29 is 0 Å². The molecule has 104 valence electrons. The highest BCUT2D eigenvalue weighted by Crippen LogP contribution is 2.39. The highest BCUT2D eigenvalue weighted by atomic mass is 15.2. The van der Waals surface area contributed by atoms with Crippen molar-refractivity contribution in [3.05, 3.63) is 59.2 Å². The molecule has 1 aliphatic rings. The fraction of sp³-hybridized carbons (Fsp3) is 0.375. The number of rotatable bonds is 4. The molecule has 1 aliphatic carbocycles. The van der Waals surface area contributed by atoms with Crippen molar-refractivity contribution in [3.8, 4) is 0 Å². The van der Waals surface area contributed by atoms with Gasteiger partial charge >= 0.3 is 0 Å². The fourth-order valence-corrected chi connectivity index (χ4v) is 2.72. The van der Waals surface area contributed by atoms with E-state index in [0.717, 1.165) is 11.4 Å². The van der Waals surface area contributed by atoms with Gasteiger partial charge in [0.1, 0.15) is 6.04 Å². The van der Waals surface area contributed by atoms with Crippen molar-refractivity contribution in [1.29, 1.82) is 0 Å². The first-order chi connectivity index (χ1) is 9.79. The number of benzene rings is 1. The van der Waals surface area contributed by atoms with Crippen LogP contribution in [0.3, 0.4) is 0 Å². The summed E-state index contributed by atoms with van der Waals surface area (Å²) in [4.78, 5) is 8.83. The van der Waals surface area contributed by atoms with Gasteiger partial charge in [0.25, 0.3) is 0 Å². The number of aromatic nitrogens is 2. The zero-order valence-corrected chi connectivity index (χ0v) is 11.7. The summed E-state index contributed by atoms with van der Waals surface area (Å²) in [7, 11) is 0. The van der Waals surface area contributed by atoms with Gasteiger partial charge < -0.3 is 0 Å². The average Bonchev–Trinajstić information content (AvgIpc) is 2.41. The Kier molecular flexibility index (Phi) is 3.76. The molecule has 1 unspecified atom stereocenters. The highest BCUT2D eigenvalue weighted by molar-refractivity contribution is 5.37. The first-order valence-electron chi connectivity index (χ1n) is 7.13. The third-order valence-corrected chi connectivity index (χ3v) is 4.08. The van der Waals surface area contributed by atoms with Crippen LogP contribution in [-0.4, -0.2) is 9.97 Å². The Labute approximate surface area is 119 Å². The van der Waals surface area contributed by atoms with Gasteiger partial charge in [0.2, 0.25) is 0 Å². The lowest BCUT2D eigenvalue weighted by Crippen LogP contribution is -2.31. The second kappa shape index (κ2) is 5.69. The van der Waals surface area contributed by atoms with Crippen molar-refractivity contribution >= 4 is 0 Å². The molecule has 0 aliphatic heterocycles. The van der Waals surface area contributed by atoms with E-state index in [0.29, 0.717) is 5.92 Å². The lowest BCUT2D eigenvalue weighted by molar-refractivity contribution is 0.413. The van der Waals surface area contributed by atoms with Gasteiger partial charge in [0.05, 0.1) is 0 Å². The number of aryl methyl sites for hydroxylation is 1. The maximum atomic E-state index is 5.77. The molecule has 0 bridgehead atoms. The van der Waals surface area contributed by atoms with Gasteiger partial charge in [-0.15, -0.1) is 0 Å². The first kappa shape index (κ1) is 13.2. The summed E-state index contributed by atoms with van der Waals surface area (Å²) >= 11 is 0. The lowest BCUT2D eigenvalue weighted by Gasteiger charge is -2.30. The van der Waals surface area contributed by atoms with E-state index < -0.39 is 0 Å². The van der Waals surface area contributed by atoms with Crippen LogP contribution in [0, 0.1) is 6.92 Å². The van der Waals surface area contributed by atoms with E-state index in [-0.39, 0.29) is 6.04 Å². The maximum absolute atomic E-state index is 5.77. The molecule has 0 radical (unpaired) electrons. The first-order valence-corrected chi connectivity index (χ1v) is 7.13. The Bertz CT molecular complexity index is 575. The molecule has 0 amide bonds. The minimum atomic E-state index is -0.146. The quantitative estimate of drug-likeness (QED) is 0.661. The summed E-state index contributed by atoms with van der Waals surface area (Å²) in [6.45, 7) is 1.98. The normalized spacial score (nSPS) is 16.7. The van der Waals surface area contributed by atoms with Gasteiger partial charge in [0, 0.05) is 12.4 Å². The minimum absolute atomic E-state index is 0.146. The van der Waals surface area contributed by atoms with Gasteiger partial charge in [-0.05, 0) is 42.4 Å². The Hall–Kier alpha value is -1.78. The summed E-state index contributed by atoms with van der Waals surface area (Å²) in [5.41, 5.74) is 6.50. The monoisotopic (exact) mass is 268 g/mol. The molecule has 1 aromatic carbocycles. The van der Waals surface area contributed by atoms with E-state index in [1.54, 1.807) is 0 Å². The molecular formula is C16H20N4. The lowest BCUT2D eigenvalue weighted by atomic mass is 9.77. The molecule has 20 heavy (non-hydrogen) atoms. The van der Waals surface area contributed by atoms with Gasteiger partial charge in [-0.25, -0.2) is 15.4 Å². The zero-order chi connectivity index (χ0) is 13.9. The standard InChI is InChI=1S/C16H20N4/c1-11-9-18-16(19-10-11)15(20-17)14-8-3-2-7-13(14)12-5-4-6-12/h2-3,7-10,12,15,20H,4-6,17H2,1H3. The number of hydrogen-bond acceptors (Lipinski definition) is 4. The summed E-state index contributed by atoms with van der Waals surface area (Å²) in [6, 6.07) is 8.34. The van der Waals surface area contributed by atoms with E-state index in [2.05, 4.69) is 39.7 Å². The molecule has 1 fully saturated rings. The third-order valence-electron chi connectivity index (χ3n) is 4.08. The zero-order valence-electron chi connectivity index (χ0n) is 11.7. The van der Waals surface area contributed by atoms with E-state index in [1.165, 1.54) is 30.4 Å². The summed E-state index contributed by atoms with van der Waals surface area (Å²) < 4.78 is 0. The summed E-state index contributed by atoms with van der Waals surface area (Å²) in [6.07, 6.45) is 7.52. The van der Waals surface area contributed by atoms with Crippen LogP contribution in [0.1, 0.15) is 53.7 Å². The molecular weight excluding hydrogens is 248 g/mol. The Morgan fingerprint density at radius 1 is 1.20 bits per heavy atom.